The molecule has 1 aliphatic heterocycles. The first-order chi connectivity index (χ1) is 13.2. The molecule has 4 rings (SSSR count). The maximum Gasteiger partial charge on any atom is 0.251 e. The first-order valence-electron chi connectivity index (χ1n) is 8.42. The van der Waals surface area contributed by atoms with E-state index in [1.54, 1.807) is 47.8 Å². The van der Waals surface area contributed by atoms with E-state index in [4.69, 9.17) is 4.52 Å². The Hall–Kier alpha value is -3.62. The van der Waals surface area contributed by atoms with E-state index in [0.29, 0.717) is 36.1 Å². The molecule has 1 aromatic carbocycles. The van der Waals surface area contributed by atoms with Crippen LogP contribution in [0.4, 0.5) is 0 Å². The third-order valence-corrected chi connectivity index (χ3v) is 4.25. The van der Waals surface area contributed by atoms with E-state index in [-0.39, 0.29) is 24.3 Å². The summed E-state index contributed by atoms with van der Waals surface area (Å²) in [7, 11) is 0. The van der Waals surface area contributed by atoms with Crippen LogP contribution in [0, 0.1) is 0 Å². The summed E-state index contributed by atoms with van der Waals surface area (Å²) in [6.45, 7) is 0.902. The van der Waals surface area contributed by atoms with Crippen LogP contribution < -0.4 is 5.32 Å². The van der Waals surface area contributed by atoms with Crippen molar-refractivity contribution in [3.05, 3.63) is 60.4 Å². The van der Waals surface area contributed by atoms with Gasteiger partial charge in [0.2, 0.25) is 17.6 Å². The maximum absolute atomic E-state index is 12.2. The number of likely N-dealkylation sites (tertiary alicyclic amines) is 1. The van der Waals surface area contributed by atoms with Gasteiger partial charge in [0.15, 0.2) is 0 Å². The summed E-state index contributed by atoms with van der Waals surface area (Å²) < 4.78 is 5.27. The number of hydrogen-bond acceptors (Lipinski definition) is 7. The van der Waals surface area contributed by atoms with Crippen LogP contribution >= 0.6 is 0 Å². The molecule has 1 N–H and O–H groups in total. The summed E-state index contributed by atoms with van der Waals surface area (Å²) in [5, 5.41) is 6.53. The predicted octanol–water partition coefficient (Wildman–Crippen LogP) is 0.882. The fourth-order valence-corrected chi connectivity index (χ4v) is 2.72. The molecule has 0 radical (unpaired) electrons. The Morgan fingerprint density at radius 2 is 2.00 bits per heavy atom. The van der Waals surface area contributed by atoms with Crippen LogP contribution in [-0.2, 0) is 4.79 Å². The third kappa shape index (κ3) is 3.66. The Labute approximate surface area is 154 Å². The maximum atomic E-state index is 12.2. The SMILES string of the molecule is O=C(NCC(=O)N1CC(c2nc(-c3cnccn3)no2)C1)c1ccccc1. The topological polar surface area (TPSA) is 114 Å². The fraction of sp³-hybridized carbons (Fsp3) is 0.222. The highest BCUT2D eigenvalue weighted by Crippen LogP contribution is 2.26. The molecule has 0 saturated carbocycles. The molecule has 0 bridgehead atoms. The molecule has 1 saturated heterocycles. The Bertz CT molecular complexity index is 938. The molecule has 9 heteroatoms. The number of hydrogen-bond donors (Lipinski definition) is 1. The first kappa shape index (κ1) is 16.8. The molecule has 1 aliphatic rings. The van der Waals surface area contributed by atoms with Crippen LogP contribution in [0.3, 0.4) is 0 Å². The van der Waals surface area contributed by atoms with Crippen molar-refractivity contribution in [3.8, 4) is 11.5 Å². The highest BCUT2D eigenvalue weighted by Gasteiger charge is 2.35. The second-order valence-electron chi connectivity index (χ2n) is 6.09. The van der Waals surface area contributed by atoms with Crippen LogP contribution in [0.5, 0.6) is 0 Å². The van der Waals surface area contributed by atoms with Gasteiger partial charge in [-0.25, -0.2) is 4.98 Å². The van der Waals surface area contributed by atoms with Gasteiger partial charge in [-0.05, 0) is 12.1 Å². The minimum absolute atomic E-state index is 0.0169. The summed E-state index contributed by atoms with van der Waals surface area (Å²) in [4.78, 5) is 38.2. The van der Waals surface area contributed by atoms with Gasteiger partial charge in [0.1, 0.15) is 5.69 Å². The van der Waals surface area contributed by atoms with Crippen LogP contribution in [0.25, 0.3) is 11.5 Å². The zero-order valence-corrected chi connectivity index (χ0v) is 14.3. The Kier molecular flexibility index (Phi) is 4.56. The number of carbonyl (C=O) groups is 2. The second-order valence-corrected chi connectivity index (χ2v) is 6.09. The monoisotopic (exact) mass is 364 g/mol. The molecule has 0 unspecified atom stereocenters. The molecule has 136 valence electrons. The Morgan fingerprint density at radius 1 is 1.19 bits per heavy atom. The first-order valence-corrected chi connectivity index (χ1v) is 8.42. The van der Waals surface area contributed by atoms with Crippen molar-refractivity contribution in [2.45, 2.75) is 5.92 Å². The zero-order chi connectivity index (χ0) is 18.6. The molecule has 9 nitrogen and oxygen atoms in total. The Balaban J connectivity index is 1.27. The number of rotatable bonds is 5. The molecular weight excluding hydrogens is 348 g/mol. The van der Waals surface area contributed by atoms with Gasteiger partial charge in [0.05, 0.1) is 18.7 Å². The molecule has 2 amide bonds. The molecule has 27 heavy (non-hydrogen) atoms. The number of nitrogens with one attached hydrogen (secondary N) is 1. The number of nitrogens with zero attached hydrogens (tertiary/aromatic N) is 5. The third-order valence-electron chi connectivity index (χ3n) is 4.25. The summed E-state index contributed by atoms with van der Waals surface area (Å²) in [5.74, 6) is 0.401. The number of carbonyl (C=O) groups excluding carboxylic acids is 2. The number of amides is 2. The number of aromatic nitrogens is 4. The van der Waals surface area contributed by atoms with Gasteiger partial charge in [-0.2, -0.15) is 4.98 Å². The lowest BCUT2D eigenvalue weighted by atomic mass is 10.00. The van der Waals surface area contributed by atoms with Crippen LogP contribution in [-0.4, -0.2) is 56.5 Å². The summed E-state index contributed by atoms with van der Waals surface area (Å²) >= 11 is 0. The van der Waals surface area contributed by atoms with E-state index >= 15 is 0 Å². The average molecular weight is 364 g/mol. The Morgan fingerprint density at radius 3 is 2.74 bits per heavy atom. The molecule has 0 atom stereocenters. The van der Waals surface area contributed by atoms with Gasteiger partial charge in [-0.15, -0.1) is 0 Å². The van der Waals surface area contributed by atoms with E-state index < -0.39 is 0 Å². The van der Waals surface area contributed by atoms with Crippen LogP contribution in [0.2, 0.25) is 0 Å². The normalized spacial score (nSPS) is 13.9. The lowest BCUT2D eigenvalue weighted by Gasteiger charge is -2.37. The van der Waals surface area contributed by atoms with Crippen molar-refractivity contribution in [2.75, 3.05) is 19.6 Å². The minimum Gasteiger partial charge on any atom is -0.343 e. The van der Waals surface area contributed by atoms with E-state index in [2.05, 4.69) is 25.4 Å². The highest BCUT2D eigenvalue weighted by atomic mass is 16.5. The van der Waals surface area contributed by atoms with Gasteiger partial charge in [0.25, 0.3) is 5.91 Å². The van der Waals surface area contributed by atoms with E-state index in [1.807, 2.05) is 6.07 Å². The van der Waals surface area contributed by atoms with Gasteiger partial charge in [-0.1, -0.05) is 23.4 Å². The van der Waals surface area contributed by atoms with Gasteiger partial charge >= 0.3 is 0 Å². The largest absolute Gasteiger partial charge is 0.343 e. The van der Waals surface area contributed by atoms with E-state index in [1.165, 1.54) is 0 Å². The molecular formula is C18H16N6O3. The molecule has 1 fully saturated rings. The van der Waals surface area contributed by atoms with Crippen molar-refractivity contribution >= 4 is 11.8 Å². The minimum atomic E-state index is -0.272. The fourth-order valence-electron chi connectivity index (χ4n) is 2.72. The lowest BCUT2D eigenvalue weighted by Crippen LogP contribution is -2.51. The zero-order valence-electron chi connectivity index (χ0n) is 14.3. The van der Waals surface area contributed by atoms with Crippen molar-refractivity contribution in [1.82, 2.24) is 30.3 Å². The van der Waals surface area contributed by atoms with Gasteiger partial charge in [-0.3, -0.25) is 14.6 Å². The summed E-state index contributed by atoms with van der Waals surface area (Å²) in [5.41, 5.74) is 1.05. The van der Waals surface area contributed by atoms with Crippen molar-refractivity contribution in [3.63, 3.8) is 0 Å². The van der Waals surface area contributed by atoms with Gasteiger partial charge < -0.3 is 14.7 Å². The lowest BCUT2D eigenvalue weighted by molar-refractivity contribution is -0.134. The molecule has 0 aliphatic carbocycles. The molecule has 2 aromatic heterocycles. The van der Waals surface area contributed by atoms with Crippen LogP contribution in [0.1, 0.15) is 22.2 Å². The van der Waals surface area contributed by atoms with E-state index in [0.717, 1.165) is 0 Å². The molecule has 0 spiro atoms. The molecule has 3 aromatic rings. The van der Waals surface area contributed by atoms with Gasteiger partial charge in [0, 0.05) is 31.0 Å². The summed E-state index contributed by atoms with van der Waals surface area (Å²) in [6.07, 6.45) is 4.68. The highest BCUT2D eigenvalue weighted by molar-refractivity contribution is 5.96. The van der Waals surface area contributed by atoms with Crippen molar-refractivity contribution < 1.29 is 14.1 Å². The average Bonchev–Trinajstić information content (AvgIpc) is 3.16. The molecule has 3 heterocycles. The number of benzene rings is 1. The van der Waals surface area contributed by atoms with E-state index in [9.17, 15) is 9.59 Å². The summed E-state index contributed by atoms with van der Waals surface area (Å²) in [6, 6.07) is 8.77. The quantitative estimate of drug-likeness (QED) is 0.715. The smallest absolute Gasteiger partial charge is 0.251 e. The predicted molar refractivity (Wildman–Crippen MR) is 93.4 cm³/mol. The standard InChI is InChI=1S/C18H16N6O3/c25-15(9-21-17(26)12-4-2-1-3-5-12)24-10-13(11-24)18-22-16(23-27-18)14-8-19-6-7-20-14/h1-8,13H,9-11H2,(H,21,26). The van der Waals surface area contributed by atoms with Crippen molar-refractivity contribution in [1.29, 1.82) is 0 Å². The second kappa shape index (κ2) is 7.32. The van der Waals surface area contributed by atoms with Crippen molar-refractivity contribution in [2.24, 2.45) is 0 Å². The van der Waals surface area contributed by atoms with Crippen LogP contribution in [0.15, 0.2) is 53.4 Å².